The van der Waals surface area contributed by atoms with Crippen molar-refractivity contribution >= 4 is 5.91 Å². The van der Waals surface area contributed by atoms with Gasteiger partial charge in [0.2, 0.25) is 0 Å². The number of hydrogen-bond donors (Lipinski definition) is 2. The van der Waals surface area contributed by atoms with Crippen molar-refractivity contribution in [2.24, 2.45) is 0 Å². The number of benzene rings is 1. The SMILES string of the molecule is CCOC(CCNC(=O)c1cc(C2(NC)C3=C2CCC3)nn1[C@@H](C)c1ccccc1)OCC. The Hall–Kier alpha value is -2.48. The molecule has 1 heterocycles. The fraction of sp³-hybridized carbons (Fsp3) is 0.538. The first kappa shape index (κ1) is 23.7. The molecule has 2 aliphatic carbocycles. The smallest absolute Gasteiger partial charge is 0.269 e. The first-order valence-electron chi connectivity index (χ1n) is 12.1. The maximum absolute atomic E-state index is 13.3. The van der Waals surface area contributed by atoms with Crippen LogP contribution in [0.3, 0.4) is 0 Å². The van der Waals surface area contributed by atoms with Gasteiger partial charge in [0.15, 0.2) is 6.29 Å². The standard InChI is InChI=1S/C26H36N4O3/c1-5-32-24(33-6-2)15-16-28-25(31)22-17-23(26(27-4)20-13-10-14-21(20)26)29-30(22)18(3)19-11-8-7-9-12-19/h7-9,11-12,17-18,24,27H,5-6,10,13-16H2,1-4H3,(H,28,31)/t18-/m0/s1. The Labute approximate surface area is 196 Å². The zero-order valence-electron chi connectivity index (χ0n) is 20.2. The number of nitrogens with zero attached hydrogens (tertiary/aromatic N) is 2. The average molecular weight is 453 g/mol. The fourth-order valence-electron chi connectivity index (χ4n) is 5.14. The Morgan fingerprint density at radius 1 is 1.15 bits per heavy atom. The monoisotopic (exact) mass is 452 g/mol. The van der Waals surface area contributed by atoms with Crippen molar-refractivity contribution in [1.82, 2.24) is 20.4 Å². The molecule has 1 aromatic heterocycles. The first-order valence-corrected chi connectivity index (χ1v) is 12.1. The maximum Gasteiger partial charge on any atom is 0.269 e. The molecule has 0 saturated carbocycles. The topological polar surface area (TPSA) is 77.4 Å². The van der Waals surface area contributed by atoms with Crippen molar-refractivity contribution in [1.29, 1.82) is 0 Å². The number of carbonyl (C=O) groups excluding carboxylic acids is 1. The lowest BCUT2D eigenvalue weighted by Crippen LogP contribution is -2.32. The zero-order chi connectivity index (χ0) is 23.4. The molecule has 0 spiro atoms. The van der Waals surface area contributed by atoms with E-state index >= 15 is 0 Å². The van der Waals surface area contributed by atoms with Crippen LogP contribution in [-0.2, 0) is 15.0 Å². The van der Waals surface area contributed by atoms with E-state index in [0.29, 0.717) is 31.9 Å². The second-order valence-electron chi connectivity index (χ2n) is 8.64. The van der Waals surface area contributed by atoms with Crippen molar-refractivity contribution < 1.29 is 14.3 Å². The molecule has 0 saturated heterocycles. The Morgan fingerprint density at radius 3 is 2.42 bits per heavy atom. The molecule has 2 N–H and O–H groups in total. The predicted molar refractivity (Wildman–Crippen MR) is 128 cm³/mol. The molecule has 0 aliphatic heterocycles. The second kappa shape index (κ2) is 10.2. The van der Waals surface area contributed by atoms with Gasteiger partial charge in [0.25, 0.3) is 5.91 Å². The number of ether oxygens (including phenoxy) is 2. The van der Waals surface area contributed by atoms with E-state index in [2.05, 4.69) is 29.7 Å². The van der Waals surface area contributed by atoms with Crippen LogP contribution >= 0.6 is 0 Å². The van der Waals surface area contributed by atoms with Gasteiger partial charge in [-0.3, -0.25) is 9.48 Å². The highest BCUT2D eigenvalue weighted by molar-refractivity contribution is 5.93. The van der Waals surface area contributed by atoms with E-state index in [4.69, 9.17) is 14.6 Å². The molecule has 0 bridgehead atoms. The number of nitrogens with one attached hydrogen (secondary N) is 2. The summed E-state index contributed by atoms with van der Waals surface area (Å²) in [5.41, 5.74) is 5.25. The van der Waals surface area contributed by atoms with Crippen LogP contribution in [0.1, 0.15) is 74.2 Å². The average Bonchev–Trinajstić information content (AvgIpc) is 3.20. The van der Waals surface area contributed by atoms with Gasteiger partial charge >= 0.3 is 0 Å². The highest BCUT2D eigenvalue weighted by Gasteiger charge is 2.56. The van der Waals surface area contributed by atoms with Gasteiger partial charge in [0, 0.05) is 26.2 Å². The number of carbonyl (C=O) groups is 1. The minimum absolute atomic E-state index is 0.0669. The third-order valence-electron chi connectivity index (χ3n) is 6.81. The summed E-state index contributed by atoms with van der Waals surface area (Å²) in [6.45, 7) is 7.59. The molecule has 1 amide bonds. The van der Waals surface area contributed by atoms with E-state index in [-0.39, 0.29) is 23.8 Å². The van der Waals surface area contributed by atoms with Crippen LogP contribution in [0.15, 0.2) is 47.5 Å². The van der Waals surface area contributed by atoms with Crippen molar-refractivity contribution in [3.05, 3.63) is 64.5 Å². The number of hydrogen-bond acceptors (Lipinski definition) is 5. The molecule has 178 valence electrons. The number of amides is 1. The van der Waals surface area contributed by atoms with Crippen LogP contribution in [0, 0.1) is 0 Å². The van der Waals surface area contributed by atoms with Gasteiger partial charge in [-0.25, -0.2) is 0 Å². The molecule has 1 atom stereocenters. The number of likely N-dealkylation sites (N-methyl/N-ethyl adjacent to an activating group) is 1. The molecule has 2 aliphatic rings. The third-order valence-corrected chi connectivity index (χ3v) is 6.81. The highest BCUT2D eigenvalue weighted by Crippen LogP contribution is 2.60. The number of aromatic nitrogens is 2. The van der Waals surface area contributed by atoms with Crippen molar-refractivity contribution in [3.63, 3.8) is 0 Å². The lowest BCUT2D eigenvalue weighted by Gasteiger charge is -2.21. The van der Waals surface area contributed by atoms with E-state index in [0.717, 1.165) is 24.1 Å². The van der Waals surface area contributed by atoms with Crippen molar-refractivity contribution in [2.75, 3.05) is 26.8 Å². The lowest BCUT2D eigenvalue weighted by molar-refractivity contribution is -0.138. The summed E-state index contributed by atoms with van der Waals surface area (Å²) in [5.74, 6) is -0.129. The van der Waals surface area contributed by atoms with Crippen LogP contribution < -0.4 is 10.6 Å². The molecule has 7 heteroatoms. The Kier molecular flexibility index (Phi) is 7.32. The van der Waals surface area contributed by atoms with Gasteiger partial charge in [0.1, 0.15) is 11.2 Å². The van der Waals surface area contributed by atoms with Crippen molar-refractivity contribution in [3.8, 4) is 0 Å². The molecule has 33 heavy (non-hydrogen) atoms. The van der Waals surface area contributed by atoms with Crippen LogP contribution in [0.2, 0.25) is 0 Å². The summed E-state index contributed by atoms with van der Waals surface area (Å²) < 4.78 is 13.1. The van der Waals surface area contributed by atoms with Crippen LogP contribution in [0.5, 0.6) is 0 Å². The minimum atomic E-state index is -0.310. The fourth-order valence-corrected chi connectivity index (χ4v) is 5.14. The Morgan fingerprint density at radius 2 is 1.82 bits per heavy atom. The summed E-state index contributed by atoms with van der Waals surface area (Å²) >= 11 is 0. The van der Waals surface area contributed by atoms with Crippen molar-refractivity contribution in [2.45, 2.75) is 64.3 Å². The zero-order valence-corrected chi connectivity index (χ0v) is 20.2. The Balaban J connectivity index is 1.56. The van der Waals surface area contributed by atoms with Crippen LogP contribution in [0.4, 0.5) is 0 Å². The van der Waals surface area contributed by atoms with E-state index in [1.54, 1.807) is 0 Å². The van der Waals surface area contributed by atoms with Gasteiger partial charge in [-0.15, -0.1) is 0 Å². The normalized spacial score (nSPS) is 17.4. The molecular formula is C26H36N4O3. The predicted octanol–water partition coefficient (Wildman–Crippen LogP) is 3.92. The molecule has 7 nitrogen and oxygen atoms in total. The second-order valence-corrected chi connectivity index (χ2v) is 8.64. The molecule has 4 rings (SSSR count). The van der Waals surface area contributed by atoms with Crippen LogP contribution in [0.25, 0.3) is 0 Å². The molecule has 2 aromatic rings. The third kappa shape index (κ3) is 4.50. The Bertz CT molecular complexity index is 978. The molecule has 0 radical (unpaired) electrons. The molecule has 0 fully saturated rings. The van der Waals surface area contributed by atoms with Gasteiger partial charge in [-0.05, 0) is 69.9 Å². The summed E-state index contributed by atoms with van der Waals surface area (Å²) in [4.78, 5) is 13.3. The lowest BCUT2D eigenvalue weighted by atomic mass is 9.96. The van der Waals surface area contributed by atoms with Gasteiger partial charge in [-0.2, -0.15) is 5.10 Å². The van der Waals surface area contributed by atoms with E-state index < -0.39 is 0 Å². The summed E-state index contributed by atoms with van der Waals surface area (Å²) in [7, 11) is 1.99. The molecule has 1 aromatic carbocycles. The maximum atomic E-state index is 13.3. The van der Waals surface area contributed by atoms with Gasteiger partial charge in [0.05, 0.1) is 11.7 Å². The molecular weight excluding hydrogens is 416 g/mol. The largest absolute Gasteiger partial charge is 0.353 e. The number of rotatable bonds is 12. The molecule has 0 unspecified atom stereocenters. The summed E-state index contributed by atoms with van der Waals surface area (Å²) in [6, 6.07) is 12.1. The van der Waals surface area contributed by atoms with E-state index in [9.17, 15) is 4.79 Å². The minimum Gasteiger partial charge on any atom is -0.353 e. The van der Waals surface area contributed by atoms with Crippen LogP contribution in [-0.4, -0.2) is 48.8 Å². The van der Waals surface area contributed by atoms with Gasteiger partial charge < -0.3 is 20.1 Å². The summed E-state index contributed by atoms with van der Waals surface area (Å²) in [6.07, 6.45) is 3.71. The first-order chi connectivity index (χ1) is 16.1. The van der Waals surface area contributed by atoms with E-state index in [1.165, 1.54) is 17.6 Å². The summed E-state index contributed by atoms with van der Waals surface area (Å²) in [5, 5.41) is 11.6. The van der Waals surface area contributed by atoms with Gasteiger partial charge in [-0.1, -0.05) is 30.3 Å². The highest BCUT2D eigenvalue weighted by atomic mass is 16.7. The quantitative estimate of drug-likeness (QED) is 0.377. The van der Waals surface area contributed by atoms with E-state index in [1.807, 2.05) is 49.8 Å².